The zero-order valence-electron chi connectivity index (χ0n) is 38.0. The fourth-order valence-electron chi connectivity index (χ4n) is 8.59. The average Bonchev–Trinajstić information content (AvgIpc) is 3.33. The van der Waals surface area contributed by atoms with E-state index >= 15 is 0 Å². The molecule has 0 bridgehead atoms. The van der Waals surface area contributed by atoms with Crippen molar-refractivity contribution in [3.63, 3.8) is 0 Å². The molecule has 1 amide bonds. The third-order valence-electron chi connectivity index (χ3n) is 12.0. The number of azide groups is 3. The molecule has 16 atom stereocenters. The van der Waals surface area contributed by atoms with E-state index in [0.29, 0.717) is 25.8 Å². The summed E-state index contributed by atoms with van der Waals surface area (Å²) < 4.78 is 40.3. The van der Waals surface area contributed by atoms with Crippen LogP contribution in [0.3, 0.4) is 0 Å². The van der Waals surface area contributed by atoms with E-state index in [1.807, 2.05) is 60.7 Å². The molecule has 11 N–H and O–H groups in total. The molecule has 4 fully saturated rings. The van der Waals surface area contributed by atoms with Crippen molar-refractivity contribution in [2.75, 3.05) is 27.3 Å². The standard InChI is InChI=1S/C28H34N10O6.C13H28N4O4.CH2O2/c1-41-25-22(33-36-30)14-23(34-37-31)26(24(25)39)44-27-21(32-35-29)13-12-20(43-27)16-38(15-18-8-4-2-5-9-18)28(40)42-17-19-10-6-3-7-11-19;1-19-11-8(16)4-9(17)12(10(11)18)21-13-7(15)3-2-6(5-14)20-13;2-1-3/h2-11,20-27,39H,12-17H2,1H3;6-13,18H,2-5,14-17H2,1H3;1H,(H,2,3)/t20-,21+,22+,23-,24+,25-,26+,27+;6-,7+,8+,9-,10+,11-,12+,13+;/m00./s1. The van der Waals surface area contributed by atoms with Gasteiger partial charge in [0, 0.05) is 54.1 Å². The Kier molecular flexibility index (Phi) is 23.4. The number of nitrogens with two attached hydrogens (primary N) is 4. The molecule has 2 saturated heterocycles. The van der Waals surface area contributed by atoms with E-state index in [1.165, 1.54) is 19.1 Å². The van der Waals surface area contributed by atoms with Gasteiger partial charge in [-0.25, -0.2) is 4.79 Å². The smallest absolute Gasteiger partial charge is 0.410 e. The number of carbonyl (C=O) groups is 2. The van der Waals surface area contributed by atoms with Gasteiger partial charge in [0.15, 0.2) is 12.6 Å². The maximum atomic E-state index is 13.3. The lowest BCUT2D eigenvalue weighted by Gasteiger charge is -2.44. The summed E-state index contributed by atoms with van der Waals surface area (Å²) in [5.74, 6) is 0. The highest BCUT2D eigenvalue weighted by Gasteiger charge is 2.48. The molecule has 26 nitrogen and oxygen atoms in total. The molecular weight excluding hydrogens is 893 g/mol. The number of aliphatic hydroxyl groups excluding tert-OH is 2. The van der Waals surface area contributed by atoms with Crippen LogP contribution >= 0.6 is 0 Å². The van der Waals surface area contributed by atoms with E-state index in [2.05, 4.69) is 30.1 Å². The second-order valence-electron chi connectivity index (χ2n) is 16.5. The lowest BCUT2D eigenvalue weighted by atomic mass is 9.84. The van der Waals surface area contributed by atoms with Crippen molar-refractivity contribution in [2.45, 2.75) is 149 Å². The highest BCUT2D eigenvalue weighted by molar-refractivity contribution is 5.67. The van der Waals surface area contributed by atoms with Crippen LogP contribution in [0, 0.1) is 0 Å². The molecule has 0 aromatic heterocycles. The van der Waals surface area contributed by atoms with Gasteiger partial charge in [-0.05, 0) is 66.2 Å². The second-order valence-corrected chi connectivity index (χ2v) is 16.5. The minimum Gasteiger partial charge on any atom is -0.483 e. The van der Waals surface area contributed by atoms with Crippen molar-refractivity contribution >= 4 is 12.6 Å². The van der Waals surface area contributed by atoms with Crippen LogP contribution < -0.4 is 22.9 Å². The van der Waals surface area contributed by atoms with E-state index < -0.39 is 85.6 Å². The summed E-state index contributed by atoms with van der Waals surface area (Å²) in [5, 5.41) is 39.7. The van der Waals surface area contributed by atoms with Crippen LogP contribution in [0.15, 0.2) is 76.0 Å². The van der Waals surface area contributed by atoms with Crippen LogP contribution in [-0.4, -0.2) is 158 Å². The number of nitrogens with zero attached hydrogens (tertiary/aromatic N) is 10. The zero-order chi connectivity index (χ0) is 49.6. The number of hydrogen-bond donors (Lipinski definition) is 7. The van der Waals surface area contributed by atoms with Gasteiger partial charge < -0.3 is 76.3 Å². The highest BCUT2D eigenvalue weighted by atomic mass is 16.7. The van der Waals surface area contributed by atoms with Crippen molar-refractivity contribution in [1.82, 2.24) is 4.90 Å². The normalized spacial score (nSPS) is 33.2. The van der Waals surface area contributed by atoms with E-state index in [-0.39, 0.29) is 50.8 Å². The third kappa shape index (κ3) is 15.8. The maximum absolute atomic E-state index is 13.3. The molecule has 2 aromatic carbocycles. The van der Waals surface area contributed by atoms with Crippen LogP contribution in [0.5, 0.6) is 0 Å². The van der Waals surface area contributed by atoms with Crippen molar-refractivity contribution in [3.8, 4) is 0 Å². The Balaban J connectivity index is 0.000000349. The van der Waals surface area contributed by atoms with Gasteiger partial charge in [0.25, 0.3) is 6.47 Å². The molecule has 68 heavy (non-hydrogen) atoms. The van der Waals surface area contributed by atoms with Crippen molar-refractivity contribution in [3.05, 3.63) is 103 Å². The fraction of sp³-hybridized carbons (Fsp3) is 0.667. The quantitative estimate of drug-likeness (QED) is 0.0550. The number of benzene rings is 2. The molecule has 4 aliphatic rings. The van der Waals surface area contributed by atoms with Crippen molar-refractivity contribution in [1.29, 1.82) is 0 Å². The predicted octanol–water partition coefficient (Wildman–Crippen LogP) is 2.83. The van der Waals surface area contributed by atoms with E-state index in [9.17, 15) is 26.1 Å². The largest absolute Gasteiger partial charge is 0.483 e. The second kappa shape index (κ2) is 28.8. The molecule has 0 spiro atoms. The maximum Gasteiger partial charge on any atom is 0.410 e. The first-order valence-corrected chi connectivity index (χ1v) is 22.1. The monoisotopic (exact) mass is 956 g/mol. The lowest BCUT2D eigenvalue weighted by molar-refractivity contribution is -0.255. The number of aliphatic hydroxyl groups is 2. The molecule has 2 heterocycles. The Hall–Kier alpha value is -5.37. The highest BCUT2D eigenvalue weighted by Crippen LogP contribution is 2.34. The van der Waals surface area contributed by atoms with Crippen LogP contribution in [0.25, 0.3) is 31.3 Å². The summed E-state index contributed by atoms with van der Waals surface area (Å²) in [4.78, 5) is 31.8. The number of methoxy groups -OCH3 is 2. The van der Waals surface area contributed by atoms with Crippen LogP contribution in [-0.2, 0) is 51.1 Å². The van der Waals surface area contributed by atoms with Gasteiger partial charge in [0.05, 0.1) is 55.1 Å². The number of carbonyl (C=O) groups excluding carboxylic acids is 1. The Morgan fingerprint density at radius 3 is 1.82 bits per heavy atom. The topological polar surface area (TPSA) is 413 Å². The molecule has 2 aliphatic heterocycles. The first-order chi connectivity index (χ1) is 32.9. The minimum atomic E-state index is -1.36. The summed E-state index contributed by atoms with van der Waals surface area (Å²) in [6.45, 7) is 0.657. The summed E-state index contributed by atoms with van der Waals surface area (Å²) >= 11 is 0. The number of ether oxygens (including phenoxy) is 7. The molecule has 374 valence electrons. The number of hydrogen-bond acceptors (Lipinski definition) is 18. The molecule has 2 aliphatic carbocycles. The SMILES string of the molecule is CO[C@@H]1[C@@H](O)[C@H](O[C@H]2O[C@H](CN(Cc3ccccc3)C(=O)OCc3ccccc3)CC[C@H]2N=[N+]=[N-])[C@@H](N=[N+]=[N-])C[C@H]1N=[N+]=[N-].CO[C@@H]1[C@@H](O)[C@H](O[C@H]2O[C@H](CN)CC[C@H]2N)[C@@H](N)C[C@H]1N.O=CO. The van der Waals surface area contributed by atoms with Crippen LogP contribution in [0.2, 0.25) is 0 Å². The first kappa shape index (κ1) is 55.2. The fourth-order valence-corrected chi connectivity index (χ4v) is 8.59. The predicted molar refractivity (Wildman–Crippen MR) is 242 cm³/mol. The Morgan fingerprint density at radius 2 is 1.24 bits per heavy atom. The van der Waals surface area contributed by atoms with E-state index in [4.69, 9.17) is 71.5 Å². The Labute approximate surface area is 392 Å². The molecule has 2 aromatic rings. The molecule has 0 radical (unpaired) electrons. The third-order valence-corrected chi connectivity index (χ3v) is 12.0. The minimum absolute atomic E-state index is 0.0504. The number of amides is 1. The molecular formula is C42H64N14O12. The van der Waals surface area contributed by atoms with Gasteiger partial charge in [0.2, 0.25) is 0 Å². The molecule has 26 heteroatoms. The summed E-state index contributed by atoms with van der Waals surface area (Å²) in [6.07, 6.45) is -5.49. The zero-order valence-corrected chi connectivity index (χ0v) is 38.0. The first-order valence-electron chi connectivity index (χ1n) is 22.1. The van der Waals surface area contributed by atoms with Crippen molar-refractivity contribution in [2.24, 2.45) is 38.3 Å². The van der Waals surface area contributed by atoms with E-state index in [1.54, 1.807) is 0 Å². The number of carboxylic acid groups (broad SMARTS) is 1. The van der Waals surface area contributed by atoms with Gasteiger partial charge in [-0.3, -0.25) is 4.79 Å². The molecule has 2 saturated carbocycles. The van der Waals surface area contributed by atoms with Crippen LogP contribution in [0.1, 0.15) is 49.7 Å². The van der Waals surface area contributed by atoms with Gasteiger partial charge in [-0.1, -0.05) is 76.0 Å². The summed E-state index contributed by atoms with van der Waals surface area (Å²) in [5.41, 5.74) is 52.7. The van der Waals surface area contributed by atoms with Gasteiger partial charge >= 0.3 is 6.09 Å². The Bertz CT molecular complexity index is 1970. The van der Waals surface area contributed by atoms with Crippen molar-refractivity contribution < 1.29 is 58.1 Å². The summed E-state index contributed by atoms with van der Waals surface area (Å²) in [7, 11) is 2.86. The number of rotatable bonds is 16. The summed E-state index contributed by atoms with van der Waals surface area (Å²) in [6, 6.07) is 15.3. The Morgan fingerprint density at radius 1 is 0.721 bits per heavy atom. The van der Waals surface area contributed by atoms with Crippen LogP contribution in [0.4, 0.5) is 4.79 Å². The average molecular weight is 957 g/mol. The van der Waals surface area contributed by atoms with E-state index in [0.717, 1.165) is 24.0 Å². The lowest BCUT2D eigenvalue weighted by Crippen LogP contribution is -2.64. The van der Waals surface area contributed by atoms with Gasteiger partial charge in [-0.15, -0.1) is 0 Å². The molecule has 6 rings (SSSR count). The van der Waals surface area contributed by atoms with Gasteiger partial charge in [-0.2, -0.15) is 0 Å². The van der Waals surface area contributed by atoms with Gasteiger partial charge in [0.1, 0.15) is 31.0 Å². The molecule has 0 unspecified atom stereocenters.